The molecule has 1 fully saturated rings. The summed E-state index contributed by atoms with van der Waals surface area (Å²) >= 11 is 1.63. The Labute approximate surface area is 152 Å². The molecule has 1 aliphatic carbocycles. The fourth-order valence-electron chi connectivity index (χ4n) is 2.95. The summed E-state index contributed by atoms with van der Waals surface area (Å²) < 4.78 is 0. The second kappa shape index (κ2) is 8.55. The molecule has 1 aliphatic rings. The van der Waals surface area contributed by atoms with Gasteiger partial charge in [-0.05, 0) is 42.7 Å². The molecule has 1 N–H and O–H groups in total. The average molecular weight is 348 g/mol. The fraction of sp³-hybridized carbons (Fsp3) is 0.238. The van der Waals surface area contributed by atoms with Gasteiger partial charge in [-0.2, -0.15) is 5.26 Å². The van der Waals surface area contributed by atoms with Gasteiger partial charge in [0.05, 0.1) is 0 Å². The van der Waals surface area contributed by atoms with Crippen LogP contribution in [0.2, 0.25) is 0 Å². The lowest BCUT2D eigenvalue weighted by Gasteiger charge is -2.11. The molecule has 3 nitrogen and oxygen atoms in total. The number of benzene rings is 2. The number of rotatable bonds is 5. The topological polar surface area (TPSA) is 52.9 Å². The second-order valence-electron chi connectivity index (χ2n) is 6.08. The lowest BCUT2D eigenvalue weighted by Crippen LogP contribution is -2.33. The smallest absolute Gasteiger partial charge is 0.262 e. The standard InChI is InChI=1S/C21H20N2OS/c22-15-17(21(24)23-18-9-5-6-10-18)14-16-8-4-7-13-20(16)25-19-11-2-1-3-12-19/h1-4,7-8,11-14,18H,5-6,9-10H2,(H,23,24)/b17-14+. The van der Waals surface area contributed by atoms with Crippen LogP contribution in [-0.4, -0.2) is 11.9 Å². The van der Waals surface area contributed by atoms with E-state index in [0.29, 0.717) is 0 Å². The van der Waals surface area contributed by atoms with Crippen molar-refractivity contribution in [3.63, 3.8) is 0 Å². The summed E-state index contributed by atoms with van der Waals surface area (Å²) in [5, 5.41) is 12.4. The van der Waals surface area contributed by atoms with E-state index in [-0.39, 0.29) is 17.5 Å². The van der Waals surface area contributed by atoms with Crippen LogP contribution in [0.1, 0.15) is 31.2 Å². The van der Waals surface area contributed by atoms with Gasteiger partial charge < -0.3 is 5.32 Å². The predicted molar refractivity (Wildman–Crippen MR) is 101 cm³/mol. The number of hydrogen-bond donors (Lipinski definition) is 1. The van der Waals surface area contributed by atoms with Gasteiger partial charge in [-0.25, -0.2) is 0 Å². The monoisotopic (exact) mass is 348 g/mol. The third-order valence-electron chi connectivity index (χ3n) is 4.25. The van der Waals surface area contributed by atoms with Gasteiger partial charge in [0.1, 0.15) is 11.6 Å². The van der Waals surface area contributed by atoms with Crippen molar-refractivity contribution in [1.82, 2.24) is 5.32 Å². The summed E-state index contributed by atoms with van der Waals surface area (Å²) in [5.41, 5.74) is 1.04. The van der Waals surface area contributed by atoms with Crippen molar-refractivity contribution in [2.45, 2.75) is 41.5 Å². The number of nitriles is 1. The van der Waals surface area contributed by atoms with Crippen LogP contribution in [0, 0.1) is 11.3 Å². The first-order valence-electron chi connectivity index (χ1n) is 8.51. The molecule has 0 aromatic heterocycles. The lowest BCUT2D eigenvalue weighted by molar-refractivity contribution is -0.117. The Morgan fingerprint density at radius 1 is 1.08 bits per heavy atom. The van der Waals surface area contributed by atoms with Gasteiger partial charge in [0.2, 0.25) is 0 Å². The van der Waals surface area contributed by atoms with E-state index in [1.54, 1.807) is 17.8 Å². The van der Waals surface area contributed by atoms with E-state index in [9.17, 15) is 10.1 Å². The Kier molecular flexibility index (Phi) is 5.92. The molecule has 0 spiro atoms. The average Bonchev–Trinajstić information content (AvgIpc) is 3.14. The van der Waals surface area contributed by atoms with E-state index in [1.807, 2.05) is 54.6 Å². The lowest BCUT2D eigenvalue weighted by atomic mass is 10.1. The molecule has 0 bridgehead atoms. The van der Waals surface area contributed by atoms with Gasteiger partial charge in [-0.3, -0.25) is 4.79 Å². The number of nitrogens with zero attached hydrogens (tertiary/aromatic N) is 1. The van der Waals surface area contributed by atoms with Gasteiger partial charge in [-0.1, -0.05) is 61.0 Å². The fourth-order valence-corrected chi connectivity index (χ4v) is 3.88. The molecule has 0 unspecified atom stereocenters. The van der Waals surface area contributed by atoms with E-state index in [4.69, 9.17) is 0 Å². The Morgan fingerprint density at radius 3 is 2.48 bits per heavy atom. The van der Waals surface area contributed by atoms with Gasteiger partial charge >= 0.3 is 0 Å². The molecule has 25 heavy (non-hydrogen) atoms. The number of carbonyl (C=O) groups is 1. The Balaban J connectivity index is 1.81. The van der Waals surface area contributed by atoms with Crippen molar-refractivity contribution in [1.29, 1.82) is 5.26 Å². The first-order chi connectivity index (χ1) is 12.3. The molecule has 0 radical (unpaired) electrons. The van der Waals surface area contributed by atoms with Crippen LogP contribution in [0.15, 0.2) is 70.0 Å². The normalized spacial score (nSPS) is 14.9. The molecule has 0 aliphatic heterocycles. The maximum Gasteiger partial charge on any atom is 0.262 e. The minimum atomic E-state index is -0.270. The molecule has 1 amide bonds. The predicted octanol–water partition coefficient (Wildman–Crippen LogP) is 4.80. The van der Waals surface area contributed by atoms with Crippen LogP contribution in [0.5, 0.6) is 0 Å². The van der Waals surface area contributed by atoms with Crippen molar-refractivity contribution in [2.75, 3.05) is 0 Å². The minimum absolute atomic E-state index is 0.160. The maximum absolute atomic E-state index is 12.4. The van der Waals surface area contributed by atoms with Gasteiger partial charge in [-0.15, -0.1) is 0 Å². The third kappa shape index (κ3) is 4.74. The number of nitrogens with one attached hydrogen (secondary N) is 1. The molecular weight excluding hydrogens is 328 g/mol. The third-order valence-corrected chi connectivity index (χ3v) is 5.34. The van der Waals surface area contributed by atoms with E-state index < -0.39 is 0 Å². The summed E-state index contributed by atoms with van der Waals surface area (Å²) in [6.07, 6.45) is 5.99. The van der Waals surface area contributed by atoms with E-state index in [1.165, 1.54) is 0 Å². The minimum Gasteiger partial charge on any atom is -0.349 e. The van der Waals surface area contributed by atoms with Gasteiger partial charge in [0.25, 0.3) is 5.91 Å². The van der Waals surface area contributed by atoms with E-state index in [0.717, 1.165) is 41.0 Å². The van der Waals surface area contributed by atoms with Crippen LogP contribution in [0.3, 0.4) is 0 Å². The Bertz CT molecular complexity index is 802. The highest BCUT2D eigenvalue weighted by Gasteiger charge is 2.19. The first-order valence-corrected chi connectivity index (χ1v) is 9.32. The molecule has 0 saturated heterocycles. The highest BCUT2D eigenvalue weighted by molar-refractivity contribution is 7.99. The van der Waals surface area contributed by atoms with Crippen LogP contribution in [-0.2, 0) is 4.79 Å². The van der Waals surface area contributed by atoms with Crippen molar-refractivity contribution < 1.29 is 4.79 Å². The van der Waals surface area contributed by atoms with Crippen LogP contribution >= 0.6 is 11.8 Å². The molecule has 4 heteroatoms. The molecule has 3 rings (SSSR count). The van der Waals surface area contributed by atoms with Crippen molar-refractivity contribution in [2.24, 2.45) is 0 Å². The second-order valence-corrected chi connectivity index (χ2v) is 7.19. The molecule has 0 atom stereocenters. The molecule has 2 aromatic rings. The van der Waals surface area contributed by atoms with Gasteiger partial charge in [0.15, 0.2) is 0 Å². The Morgan fingerprint density at radius 2 is 1.76 bits per heavy atom. The summed E-state index contributed by atoms with van der Waals surface area (Å²) in [6, 6.07) is 20.2. The quantitative estimate of drug-likeness (QED) is 0.623. The van der Waals surface area contributed by atoms with E-state index in [2.05, 4.69) is 11.4 Å². The van der Waals surface area contributed by atoms with Crippen molar-refractivity contribution >= 4 is 23.7 Å². The summed E-state index contributed by atoms with van der Waals surface area (Å²) in [5.74, 6) is -0.270. The largest absolute Gasteiger partial charge is 0.349 e. The highest BCUT2D eigenvalue weighted by Crippen LogP contribution is 2.31. The van der Waals surface area contributed by atoms with Crippen LogP contribution < -0.4 is 5.32 Å². The van der Waals surface area contributed by atoms with Gasteiger partial charge in [0, 0.05) is 15.8 Å². The molecule has 0 heterocycles. The zero-order valence-corrected chi connectivity index (χ0v) is 14.8. The summed E-state index contributed by atoms with van der Waals surface area (Å²) in [7, 11) is 0. The van der Waals surface area contributed by atoms with Crippen LogP contribution in [0.25, 0.3) is 6.08 Å². The number of hydrogen-bond acceptors (Lipinski definition) is 3. The van der Waals surface area contributed by atoms with Crippen molar-refractivity contribution in [3.05, 3.63) is 65.7 Å². The molecule has 126 valence electrons. The number of carbonyl (C=O) groups excluding carboxylic acids is 1. The van der Waals surface area contributed by atoms with E-state index >= 15 is 0 Å². The summed E-state index contributed by atoms with van der Waals surface area (Å²) in [4.78, 5) is 14.5. The van der Waals surface area contributed by atoms with Crippen molar-refractivity contribution in [3.8, 4) is 6.07 Å². The highest BCUT2D eigenvalue weighted by atomic mass is 32.2. The molecule has 2 aromatic carbocycles. The molecular formula is C21H20N2OS. The zero-order valence-electron chi connectivity index (χ0n) is 13.9. The van der Waals surface area contributed by atoms with Crippen LogP contribution in [0.4, 0.5) is 0 Å². The summed E-state index contributed by atoms with van der Waals surface area (Å²) in [6.45, 7) is 0. The molecule has 1 saturated carbocycles. The maximum atomic E-state index is 12.4. The first kappa shape index (κ1) is 17.3. The zero-order chi connectivity index (χ0) is 17.5. The Hall–Kier alpha value is -2.51. The SMILES string of the molecule is N#C/C(=C\c1ccccc1Sc1ccccc1)C(=O)NC1CCCC1. The number of amides is 1.